The molecule has 0 unspecified atom stereocenters. The van der Waals surface area contributed by atoms with E-state index in [0.29, 0.717) is 33.8 Å². The molecule has 2 aromatic rings. The fourth-order valence-corrected chi connectivity index (χ4v) is 2.55. The number of para-hydroxylation sites is 2. The lowest BCUT2D eigenvalue weighted by Gasteiger charge is -2.11. The summed E-state index contributed by atoms with van der Waals surface area (Å²) >= 11 is 11.7. The minimum atomic E-state index is -0.472. The third-order valence-corrected chi connectivity index (χ3v) is 3.36. The minimum Gasteiger partial charge on any atom is -0.492 e. The fourth-order valence-electron chi connectivity index (χ4n) is 2.02. The van der Waals surface area contributed by atoms with E-state index >= 15 is 0 Å². The van der Waals surface area contributed by atoms with Gasteiger partial charge in [0.15, 0.2) is 0 Å². The Kier molecular flexibility index (Phi) is 6.46. The first-order valence-corrected chi connectivity index (χ1v) is 8.01. The topological polar surface area (TPSA) is 67.4 Å². The van der Waals surface area contributed by atoms with Crippen LogP contribution >= 0.6 is 23.2 Å². The quantitative estimate of drug-likeness (QED) is 0.746. The van der Waals surface area contributed by atoms with Crippen LogP contribution in [-0.2, 0) is 9.59 Å². The van der Waals surface area contributed by atoms with Crippen LogP contribution in [0, 0.1) is 0 Å². The maximum Gasteiger partial charge on any atom is 0.233 e. The molecule has 5 nitrogen and oxygen atoms in total. The predicted octanol–water partition coefficient (Wildman–Crippen LogP) is 4.36. The summed E-state index contributed by atoms with van der Waals surface area (Å²) in [5, 5.41) is 6.03. The lowest BCUT2D eigenvalue weighted by molar-refractivity contribution is -0.123. The Balaban J connectivity index is 1.96. The van der Waals surface area contributed by atoms with Crippen molar-refractivity contribution in [2.75, 3.05) is 17.2 Å². The molecule has 2 aromatic carbocycles. The third-order valence-electron chi connectivity index (χ3n) is 2.93. The van der Waals surface area contributed by atoms with Crippen molar-refractivity contribution in [1.29, 1.82) is 0 Å². The van der Waals surface area contributed by atoms with Crippen molar-refractivity contribution in [3.63, 3.8) is 0 Å². The number of benzene rings is 2. The van der Waals surface area contributed by atoms with E-state index in [1.165, 1.54) is 0 Å². The number of carbonyl (C=O) groups is 2. The van der Waals surface area contributed by atoms with E-state index in [0.717, 1.165) is 0 Å². The number of hydrogen-bond acceptors (Lipinski definition) is 3. The molecule has 0 aliphatic rings. The maximum absolute atomic E-state index is 12.0. The first kappa shape index (κ1) is 18.1. The van der Waals surface area contributed by atoms with Crippen LogP contribution < -0.4 is 15.4 Å². The van der Waals surface area contributed by atoms with E-state index in [1.54, 1.807) is 42.5 Å². The zero-order valence-corrected chi connectivity index (χ0v) is 14.4. The van der Waals surface area contributed by atoms with Gasteiger partial charge in [-0.3, -0.25) is 9.59 Å². The van der Waals surface area contributed by atoms with Crippen LogP contribution in [0.1, 0.15) is 13.3 Å². The van der Waals surface area contributed by atoms with E-state index < -0.39 is 11.8 Å². The summed E-state index contributed by atoms with van der Waals surface area (Å²) in [6, 6.07) is 11.7. The highest BCUT2D eigenvalue weighted by Crippen LogP contribution is 2.24. The molecule has 0 aliphatic carbocycles. The highest BCUT2D eigenvalue weighted by Gasteiger charge is 2.12. The first-order valence-electron chi connectivity index (χ1n) is 7.25. The van der Waals surface area contributed by atoms with Gasteiger partial charge >= 0.3 is 0 Å². The van der Waals surface area contributed by atoms with Crippen molar-refractivity contribution in [3.05, 3.63) is 52.5 Å². The third kappa shape index (κ3) is 5.44. The van der Waals surface area contributed by atoms with E-state index in [4.69, 9.17) is 27.9 Å². The van der Waals surface area contributed by atoms with Crippen LogP contribution in [-0.4, -0.2) is 18.4 Å². The summed E-state index contributed by atoms with van der Waals surface area (Å²) in [6.45, 7) is 2.32. The molecule has 0 radical (unpaired) electrons. The molecule has 126 valence electrons. The van der Waals surface area contributed by atoms with Gasteiger partial charge in [-0.05, 0) is 37.3 Å². The molecule has 0 aromatic heterocycles. The standard InChI is InChI=1S/C17H16Cl2N2O3/c1-2-24-15-6-4-3-5-14(15)21-17(23)10-16(22)20-13-8-11(18)7-12(19)9-13/h3-9H,2,10H2,1H3,(H,20,22)(H,21,23). The molecule has 0 fully saturated rings. The molecule has 0 heterocycles. The molecule has 2 amide bonds. The summed E-state index contributed by atoms with van der Waals surface area (Å²) in [4.78, 5) is 24.0. The highest BCUT2D eigenvalue weighted by atomic mass is 35.5. The van der Waals surface area contributed by atoms with Crippen molar-refractivity contribution >= 4 is 46.4 Å². The van der Waals surface area contributed by atoms with Gasteiger partial charge in [0.1, 0.15) is 12.2 Å². The summed E-state index contributed by atoms with van der Waals surface area (Å²) in [5.74, 6) is -0.372. The van der Waals surface area contributed by atoms with Crippen LogP contribution in [0.2, 0.25) is 10.0 Å². The molecular formula is C17H16Cl2N2O3. The second-order valence-electron chi connectivity index (χ2n) is 4.86. The van der Waals surface area contributed by atoms with Crippen LogP contribution in [0.3, 0.4) is 0 Å². The zero-order valence-electron chi connectivity index (χ0n) is 12.9. The summed E-state index contributed by atoms with van der Waals surface area (Å²) in [7, 11) is 0. The van der Waals surface area contributed by atoms with Gasteiger partial charge in [0, 0.05) is 15.7 Å². The van der Waals surface area contributed by atoms with Gasteiger partial charge in [-0.1, -0.05) is 35.3 Å². The van der Waals surface area contributed by atoms with Crippen LogP contribution in [0.4, 0.5) is 11.4 Å². The molecule has 2 rings (SSSR count). The largest absolute Gasteiger partial charge is 0.492 e. The van der Waals surface area contributed by atoms with Gasteiger partial charge in [-0.2, -0.15) is 0 Å². The van der Waals surface area contributed by atoms with Gasteiger partial charge in [0.25, 0.3) is 0 Å². The smallest absolute Gasteiger partial charge is 0.233 e. The van der Waals surface area contributed by atoms with Crippen molar-refractivity contribution in [2.45, 2.75) is 13.3 Å². The predicted molar refractivity (Wildman–Crippen MR) is 95.9 cm³/mol. The van der Waals surface area contributed by atoms with E-state index in [2.05, 4.69) is 10.6 Å². The number of amides is 2. The Labute approximate surface area is 149 Å². The van der Waals surface area contributed by atoms with Crippen LogP contribution in [0.15, 0.2) is 42.5 Å². The average molecular weight is 367 g/mol. The van der Waals surface area contributed by atoms with Gasteiger partial charge in [-0.25, -0.2) is 0 Å². The second-order valence-corrected chi connectivity index (χ2v) is 5.73. The summed E-state index contributed by atoms with van der Waals surface area (Å²) in [5.41, 5.74) is 0.947. The average Bonchev–Trinajstić information content (AvgIpc) is 2.48. The second kappa shape index (κ2) is 8.57. The molecular weight excluding hydrogens is 351 g/mol. The number of nitrogens with one attached hydrogen (secondary N) is 2. The molecule has 0 spiro atoms. The lowest BCUT2D eigenvalue weighted by atomic mass is 10.2. The van der Waals surface area contributed by atoms with Crippen LogP contribution in [0.25, 0.3) is 0 Å². The Hall–Kier alpha value is -2.24. The molecule has 0 bridgehead atoms. The van der Waals surface area contributed by atoms with E-state index in [9.17, 15) is 9.59 Å². The van der Waals surface area contributed by atoms with E-state index in [-0.39, 0.29) is 6.42 Å². The number of hydrogen-bond donors (Lipinski definition) is 2. The highest BCUT2D eigenvalue weighted by molar-refractivity contribution is 6.35. The Bertz CT molecular complexity index is 730. The molecule has 0 saturated carbocycles. The number of halogens is 2. The van der Waals surface area contributed by atoms with E-state index in [1.807, 2.05) is 6.92 Å². The molecule has 24 heavy (non-hydrogen) atoms. The Morgan fingerprint density at radius 1 is 1.00 bits per heavy atom. The molecule has 7 heteroatoms. The molecule has 0 saturated heterocycles. The Morgan fingerprint density at radius 2 is 1.62 bits per heavy atom. The first-order chi connectivity index (χ1) is 11.5. The van der Waals surface area contributed by atoms with Gasteiger partial charge in [-0.15, -0.1) is 0 Å². The summed E-state index contributed by atoms with van der Waals surface area (Å²) in [6.07, 6.45) is -0.343. The fraction of sp³-hybridized carbons (Fsp3) is 0.176. The molecule has 0 aliphatic heterocycles. The summed E-state index contributed by atoms with van der Waals surface area (Å²) < 4.78 is 5.42. The van der Waals surface area contributed by atoms with Crippen molar-refractivity contribution in [2.24, 2.45) is 0 Å². The number of anilines is 2. The molecule has 0 atom stereocenters. The number of rotatable bonds is 6. The van der Waals surface area contributed by atoms with Crippen LogP contribution in [0.5, 0.6) is 5.75 Å². The van der Waals surface area contributed by atoms with Gasteiger partial charge in [0.05, 0.1) is 12.3 Å². The minimum absolute atomic E-state index is 0.343. The zero-order chi connectivity index (χ0) is 17.5. The van der Waals surface area contributed by atoms with Crippen molar-refractivity contribution in [3.8, 4) is 5.75 Å². The maximum atomic E-state index is 12.0. The van der Waals surface area contributed by atoms with Crippen molar-refractivity contribution < 1.29 is 14.3 Å². The van der Waals surface area contributed by atoms with Crippen molar-refractivity contribution in [1.82, 2.24) is 0 Å². The Morgan fingerprint density at radius 3 is 2.29 bits per heavy atom. The lowest BCUT2D eigenvalue weighted by Crippen LogP contribution is -2.21. The number of carbonyl (C=O) groups excluding carboxylic acids is 2. The normalized spacial score (nSPS) is 10.1. The van der Waals surface area contributed by atoms with Gasteiger partial charge in [0.2, 0.25) is 11.8 Å². The van der Waals surface area contributed by atoms with Gasteiger partial charge < -0.3 is 15.4 Å². The molecule has 2 N–H and O–H groups in total. The monoisotopic (exact) mass is 366 g/mol. The SMILES string of the molecule is CCOc1ccccc1NC(=O)CC(=O)Nc1cc(Cl)cc(Cl)c1. The number of ether oxygens (including phenoxy) is 1.